The summed E-state index contributed by atoms with van der Waals surface area (Å²) in [5, 5.41) is 11.7. The molecule has 2 atom stereocenters. The summed E-state index contributed by atoms with van der Waals surface area (Å²) in [6, 6.07) is 0.0280. The molecule has 1 amide bonds. The Balaban J connectivity index is 2.03. The highest BCUT2D eigenvalue weighted by Crippen LogP contribution is 2.30. The van der Waals surface area contributed by atoms with E-state index in [4.69, 9.17) is 5.11 Å². The van der Waals surface area contributed by atoms with Gasteiger partial charge in [0, 0.05) is 18.6 Å². The smallest absolute Gasteiger partial charge is 0.305 e. The Morgan fingerprint density at radius 3 is 2.80 bits per heavy atom. The van der Waals surface area contributed by atoms with E-state index in [0.29, 0.717) is 12.6 Å². The normalized spacial score (nSPS) is 31.8. The van der Waals surface area contributed by atoms with Crippen LogP contribution in [0.3, 0.4) is 0 Å². The standard InChI is InChI=1S/C10H16N2O3/c1-6-5-11-8(4-9(13)14)10(15)12(6)7-2-3-7/h6-8,11H,2-5H2,1H3,(H,13,14). The number of amides is 1. The van der Waals surface area contributed by atoms with Crippen molar-refractivity contribution in [3.63, 3.8) is 0 Å². The molecule has 5 heteroatoms. The van der Waals surface area contributed by atoms with Crippen LogP contribution in [0.4, 0.5) is 0 Å². The molecule has 5 nitrogen and oxygen atoms in total. The van der Waals surface area contributed by atoms with E-state index in [1.165, 1.54) is 0 Å². The predicted octanol–water partition coefficient (Wildman–Crippen LogP) is -0.188. The zero-order valence-corrected chi connectivity index (χ0v) is 8.77. The molecule has 0 spiro atoms. The number of carbonyl (C=O) groups excluding carboxylic acids is 1. The minimum Gasteiger partial charge on any atom is -0.481 e. The molecular formula is C10H16N2O3. The second-order valence-electron chi connectivity index (χ2n) is 4.38. The first-order valence-electron chi connectivity index (χ1n) is 5.37. The molecule has 2 fully saturated rings. The third kappa shape index (κ3) is 2.12. The lowest BCUT2D eigenvalue weighted by Crippen LogP contribution is -2.60. The summed E-state index contributed by atoms with van der Waals surface area (Å²) in [5.41, 5.74) is 0. The van der Waals surface area contributed by atoms with Gasteiger partial charge in [-0.25, -0.2) is 0 Å². The van der Waals surface area contributed by atoms with Crippen LogP contribution in [0.5, 0.6) is 0 Å². The zero-order valence-electron chi connectivity index (χ0n) is 8.77. The summed E-state index contributed by atoms with van der Waals surface area (Å²) >= 11 is 0. The van der Waals surface area contributed by atoms with Crippen LogP contribution in [0.15, 0.2) is 0 Å². The van der Waals surface area contributed by atoms with Crippen LogP contribution in [-0.4, -0.2) is 46.6 Å². The maximum atomic E-state index is 12.0. The fourth-order valence-electron chi connectivity index (χ4n) is 2.12. The van der Waals surface area contributed by atoms with Gasteiger partial charge < -0.3 is 15.3 Å². The van der Waals surface area contributed by atoms with Crippen molar-refractivity contribution in [2.75, 3.05) is 6.54 Å². The van der Waals surface area contributed by atoms with Crippen LogP contribution >= 0.6 is 0 Å². The summed E-state index contributed by atoms with van der Waals surface area (Å²) < 4.78 is 0. The molecule has 15 heavy (non-hydrogen) atoms. The van der Waals surface area contributed by atoms with Gasteiger partial charge in [-0.15, -0.1) is 0 Å². The van der Waals surface area contributed by atoms with Crippen LogP contribution in [0, 0.1) is 0 Å². The van der Waals surface area contributed by atoms with Gasteiger partial charge in [-0.1, -0.05) is 0 Å². The molecule has 2 unspecified atom stereocenters. The number of carbonyl (C=O) groups is 2. The molecule has 1 saturated carbocycles. The molecule has 2 rings (SSSR count). The highest BCUT2D eigenvalue weighted by atomic mass is 16.4. The summed E-state index contributed by atoms with van der Waals surface area (Å²) in [5.74, 6) is -0.968. The first-order chi connectivity index (χ1) is 7.09. The SMILES string of the molecule is CC1CNC(CC(=O)O)C(=O)N1C1CC1. The van der Waals surface area contributed by atoms with Crippen LogP contribution < -0.4 is 5.32 Å². The van der Waals surface area contributed by atoms with Gasteiger partial charge in [0.1, 0.15) is 0 Å². The Labute approximate surface area is 88.4 Å². The maximum Gasteiger partial charge on any atom is 0.305 e. The minimum absolute atomic E-state index is 0.0429. The fourth-order valence-corrected chi connectivity index (χ4v) is 2.12. The number of piperazine rings is 1. The van der Waals surface area contributed by atoms with Crippen molar-refractivity contribution in [1.82, 2.24) is 10.2 Å². The number of hydrogen-bond donors (Lipinski definition) is 2. The van der Waals surface area contributed by atoms with Crippen molar-refractivity contribution >= 4 is 11.9 Å². The summed E-state index contributed by atoms with van der Waals surface area (Å²) in [4.78, 5) is 24.4. The molecular weight excluding hydrogens is 196 g/mol. The van der Waals surface area contributed by atoms with Gasteiger partial charge in [0.2, 0.25) is 5.91 Å². The average Bonchev–Trinajstić information content (AvgIpc) is 2.94. The molecule has 0 bridgehead atoms. The van der Waals surface area contributed by atoms with E-state index in [0.717, 1.165) is 12.8 Å². The van der Waals surface area contributed by atoms with Crippen LogP contribution in [0.2, 0.25) is 0 Å². The first-order valence-corrected chi connectivity index (χ1v) is 5.37. The van der Waals surface area contributed by atoms with Crippen LogP contribution in [0.25, 0.3) is 0 Å². The van der Waals surface area contributed by atoms with E-state index in [-0.39, 0.29) is 18.4 Å². The number of carboxylic acids is 1. The molecule has 2 N–H and O–H groups in total. The Kier molecular flexibility index (Phi) is 2.65. The molecule has 0 aromatic rings. The molecule has 1 aliphatic carbocycles. The van der Waals surface area contributed by atoms with Crippen molar-refractivity contribution in [2.24, 2.45) is 0 Å². The summed E-state index contributed by atoms with van der Waals surface area (Å²) in [7, 11) is 0. The molecule has 84 valence electrons. The highest BCUT2D eigenvalue weighted by Gasteiger charge is 2.41. The van der Waals surface area contributed by atoms with Crippen molar-refractivity contribution < 1.29 is 14.7 Å². The Morgan fingerprint density at radius 1 is 1.60 bits per heavy atom. The summed E-state index contributed by atoms with van der Waals surface area (Å²) in [6.45, 7) is 2.69. The number of rotatable bonds is 3. The molecule has 0 aromatic heterocycles. The first kappa shape index (κ1) is 10.4. The average molecular weight is 212 g/mol. The van der Waals surface area contributed by atoms with Gasteiger partial charge >= 0.3 is 5.97 Å². The molecule has 1 aliphatic heterocycles. The largest absolute Gasteiger partial charge is 0.481 e. The van der Waals surface area contributed by atoms with Crippen molar-refractivity contribution in [3.05, 3.63) is 0 Å². The molecule has 1 heterocycles. The van der Waals surface area contributed by atoms with Gasteiger partial charge in [0.05, 0.1) is 12.5 Å². The maximum absolute atomic E-state index is 12.0. The topological polar surface area (TPSA) is 69.6 Å². The predicted molar refractivity (Wildman–Crippen MR) is 53.4 cm³/mol. The second kappa shape index (κ2) is 3.81. The highest BCUT2D eigenvalue weighted by molar-refractivity contribution is 5.87. The lowest BCUT2D eigenvalue weighted by molar-refractivity contribution is -0.146. The van der Waals surface area contributed by atoms with Gasteiger partial charge in [-0.3, -0.25) is 9.59 Å². The number of hydrogen-bond acceptors (Lipinski definition) is 3. The third-order valence-electron chi connectivity index (χ3n) is 3.01. The lowest BCUT2D eigenvalue weighted by Gasteiger charge is -2.38. The Hall–Kier alpha value is -1.10. The van der Waals surface area contributed by atoms with Gasteiger partial charge in [-0.05, 0) is 19.8 Å². The zero-order chi connectivity index (χ0) is 11.0. The molecule has 2 aliphatic rings. The van der Waals surface area contributed by atoms with Gasteiger partial charge in [-0.2, -0.15) is 0 Å². The van der Waals surface area contributed by atoms with E-state index in [2.05, 4.69) is 5.32 Å². The third-order valence-corrected chi connectivity index (χ3v) is 3.01. The Bertz CT molecular complexity index is 288. The van der Waals surface area contributed by atoms with E-state index in [1.807, 2.05) is 11.8 Å². The van der Waals surface area contributed by atoms with Crippen molar-refractivity contribution in [3.8, 4) is 0 Å². The van der Waals surface area contributed by atoms with Crippen molar-refractivity contribution in [1.29, 1.82) is 0 Å². The Morgan fingerprint density at radius 2 is 2.27 bits per heavy atom. The number of carboxylic acid groups (broad SMARTS) is 1. The number of nitrogens with zero attached hydrogens (tertiary/aromatic N) is 1. The fraction of sp³-hybridized carbons (Fsp3) is 0.800. The molecule has 1 saturated heterocycles. The number of nitrogens with one attached hydrogen (secondary N) is 1. The lowest BCUT2D eigenvalue weighted by atomic mass is 10.1. The van der Waals surface area contributed by atoms with E-state index in [1.54, 1.807) is 0 Å². The monoisotopic (exact) mass is 212 g/mol. The van der Waals surface area contributed by atoms with Gasteiger partial charge in [0.25, 0.3) is 0 Å². The van der Waals surface area contributed by atoms with Crippen LogP contribution in [-0.2, 0) is 9.59 Å². The van der Waals surface area contributed by atoms with E-state index >= 15 is 0 Å². The van der Waals surface area contributed by atoms with Crippen LogP contribution in [0.1, 0.15) is 26.2 Å². The molecule has 0 aromatic carbocycles. The molecule has 0 radical (unpaired) electrons. The van der Waals surface area contributed by atoms with Gasteiger partial charge in [0.15, 0.2) is 0 Å². The van der Waals surface area contributed by atoms with E-state index < -0.39 is 12.0 Å². The number of aliphatic carboxylic acids is 1. The van der Waals surface area contributed by atoms with E-state index in [9.17, 15) is 9.59 Å². The van der Waals surface area contributed by atoms with Crippen molar-refractivity contribution in [2.45, 2.75) is 44.3 Å². The minimum atomic E-state index is -0.925. The second-order valence-corrected chi connectivity index (χ2v) is 4.38. The quantitative estimate of drug-likeness (QED) is 0.680. The summed E-state index contributed by atoms with van der Waals surface area (Å²) in [6.07, 6.45) is 2.01.